The molecule has 3 N–H and O–H groups in total. The lowest BCUT2D eigenvalue weighted by Gasteiger charge is -2.42. The molecule has 0 radical (unpaired) electrons. The zero-order chi connectivity index (χ0) is 48.9. The van der Waals surface area contributed by atoms with E-state index < -0.39 is 83.9 Å². The van der Waals surface area contributed by atoms with E-state index in [1.165, 1.54) is 12.0 Å². The third-order valence-corrected chi connectivity index (χ3v) is 14.8. The Labute approximate surface area is 393 Å². The molecule has 4 aliphatic rings. The maximum absolute atomic E-state index is 14.4. The minimum Gasteiger partial charge on any atom is -0.460 e. The van der Waals surface area contributed by atoms with E-state index in [9.17, 15) is 39.3 Å². The van der Waals surface area contributed by atoms with Crippen molar-refractivity contribution in [1.82, 2.24) is 4.90 Å². The number of ketones is 3. The number of esters is 1. The number of methoxy groups -OCH3 is 3. The van der Waals surface area contributed by atoms with E-state index in [0.29, 0.717) is 69.8 Å². The predicted molar refractivity (Wildman–Crippen MR) is 250 cm³/mol. The van der Waals surface area contributed by atoms with Crippen LogP contribution in [0.2, 0.25) is 0 Å². The number of ether oxygens (including phenoxy) is 5. The van der Waals surface area contributed by atoms with Gasteiger partial charge in [-0.1, -0.05) is 71.1 Å². The summed E-state index contributed by atoms with van der Waals surface area (Å²) >= 11 is 0. The summed E-state index contributed by atoms with van der Waals surface area (Å²) in [5.74, 6) is -7.86. The number of carbonyl (C=O) groups is 5. The molecule has 2 unspecified atom stereocenters. The molecule has 14 nitrogen and oxygen atoms in total. The van der Waals surface area contributed by atoms with E-state index in [0.717, 1.165) is 12.0 Å². The lowest BCUT2D eigenvalue weighted by atomic mass is 9.78. The smallest absolute Gasteiger partial charge is 0.329 e. The van der Waals surface area contributed by atoms with E-state index >= 15 is 0 Å². The van der Waals surface area contributed by atoms with E-state index in [2.05, 4.69) is 0 Å². The van der Waals surface area contributed by atoms with Crippen LogP contribution in [0.3, 0.4) is 0 Å². The monoisotopic (exact) mass is 928 g/mol. The summed E-state index contributed by atoms with van der Waals surface area (Å²) in [7, 11) is 4.53. The highest BCUT2D eigenvalue weighted by atomic mass is 16.6. The lowest BCUT2D eigenvalue weighted by Crippen LogP contribution is -2.61. The van der Waals surface area contributed by atoms with Crippen molar-refractivity contribution >= 4 is 29.2 Å². The van der Waals surface area contributed by atoms with Crippen LogP contribution in [0.5, 0.6) is 0 Å². The summed E-state index contributed by atoms with van der Waals surface area (Å²) in [5.41, 5.74) is 1.29. The van der Waals surface area contributed by atoms with Gasteiger partial charge in [-0.2, -0.15) is 0 Å². The Morgan fingerprint density at radius 1 is 0.864 bits per heavy atom. The van der Waals surface area contributed by atoms with Crippen molar-refractivity contribution in [3.8, 4) is 0 Å². The minimum absolute atomic E-state index is 0.0188. The van der Waals surface area contributed by atoms with E-state index in [1.807, 2.05) is 65.0 Å². The standard InChI is InChI=1S/C52H81NO13/c1-11-38-27-35(6)47(57)48(64-10)46(56)34(5)25-31(2)17-13-12-14-18-32(3)43(62-8)29-39-22-20-36(7)52(61,66-39)49(58)50(59)53-24-16-15-19-40(53)51(60)65-44(30-42(38)55)33(4)26-37-21-23-41(54)45(28-37)63-9/h12-14,17-18,27,31,33-34,36-41,43-45,47-48,54,57,61H,11,15-16,19-26,28-30H2,1-10H3/t31-,33?,34-,36-,37?,38-,39-,40+,41-,43+,44-,45-,47-,48+,52-/m1/s1. The SMILES string of the molecule is CC[C@@H]1C=C(C)[C@@H](O)[C@@H](OC)C(=O)[C@H](C)C[C@H](C)C=CC=CC=C(C)[C@@H](OC)C[C@H]2CC[C@@H](C)[C@@](O)(O2)C(=O)C(=O)N2CCCC[C@H]2C(=O)O[C@@H](C(C)CC2CC[C@@H](O)[C@H](OC)C2)CC1=O. The van der Waals surface area contributed by atoms with Gasteiger partial charge < -0.3 is 43.9 Å². The molecule has 0 aromatic carbocycles. The molecule has 66 heavy (non-hydrogen) atoms. The molecular formula is C52H81NO13. The summed E-state index contributed by atoms with van der Waals surface area (Å²) in [6.07, 6.45) is 11.6. The van der Waals surface area contributed by atoms with Crippen molar-refractivity contribution < 1.29 is 63.0 Å². The Morgan fingerprint density at radius 2 is 1.59 bits per heavy atom. The van der Waals surface area contributed by atoms with Crippen molar-refractivity contribution in [2.45, 2.75) is 186 Å². The van der Waals surface area contributed by atoms with Crippen LogP contribution in [0, 0.1) is 35.5 Å². The molecule has 3 fully saturated rings. The van der Waals surface area contributed by atoms with Crippen LogP contribution in [-0.4, -0.2) is 132 Å². The first-order valence-electron chi connectivity index (χ1n) is 24.5. The number of hydrogen-bond acceptors (Lipinski definition) is 13. The molecule has 0 spiro atoms. The number of aliphatic hydroxyl groups is 3. The second-order valence-corrected chi connectivity index (χ2v) is 19.8. The quantitative estimate of drug-likeness (QED) is 0.141. The fourth-order valence-electron chi connectivity index (χ4n) is 10.4. The summed E-state index contributed by atoms with van der Waals surface area (Å²) < 4.78 is 29.5. The van der Waals surface area contributed by atoms with Crippen LogP contribution in [0.25, 0.3) is 0 Å². The van der Waals surface area contributed by atoms with Crippen LogP contribution < -0.4 is 0 Å². The van der Waals surface area contributed by atoms with Gasteiger partial charge in [-0.15, -0.1) is 0 Å². The van der Waals surface area contributed by atoms with Crippen LogP contribution in [0.4, 0.5) is 0 Å². The first-order chi connectivity index (χ1) is 31.3. The second-order valence-electron chi connectivity index (χ2n) is 19.8. The average molecular weight is 928 g/mol. The number of Topliss-reactive ketones (excluding diaryl/α,β-unsaturated/α-hetero) is 3. The van der Waals surface area contributed by atoms with Crippen LogP contribution >= 0.6 is 0 Å². The Kier molecular flexibility index (Phi) is 21.6. The first kappa shape index (κ1) is 55.2. The van der Waals surface area contributed by atoms with Gasteiger partial charge in [-0.05, 0) is 113 Å². The summed E-state index contributed by atoms with van der Waals surface area (Å²) in [6, 6.07) is -1.14. The predicted octanol–water partition coefficient (Wildman–Crippen LogP) is 6.57. The normalized spacial score (nSPS) is 37.4. The number of piperidine rings is 1. The number of rotatable bonds is 7. The van der Waals surface area contributed by atoms with Gasteiger partial charge in [-0.3, -0.25) is 19.2 Å². The number of amides is 1. The van der Waals surface area contributed by atoms with Crippen LogP contribution in [-0.2, 0) is 47.7 Å². The molecule has 1 aliphatic carbocycles. The van der Waals surface area contributed by atoms with E-state index in [-0.39, 0.29) is 54.8 Å². The Morgan fingerprint density at radius 3 is 2.26 bits per heavy atom. The highest BCUT2D eigenvalue weighted by Crippen LogP contribution is 2.38. The number of aliphatic hydroxyl groups excluding tert-OH is 2. The molecule has 15 atom stereocenters. The number of hydrogen-bond donors (Lipinski definition) is 3. The average Bonchev–Trinajstić information content (AvgIpc) is 3.30. The first-order valence-corrected chi connectivity index (χ1v) is 24.5. The molecule has 4 rings (SSSR count). The molecule has 0 aromatic heterocycles. The second kappa shape index (κ2) is 25.8. The van der Waals surface area contributed by atoms with E-state index in [4.69, 9.17) is 23.7 Å². The molecule has 14 heteroatoms. The molecule has 0 aromatic rings. The summed E-state index contributed by atoms with van der Waals surface area (Å²) in [4.78, 5) is 72.2. The molecule has 2 saturated heterocycles. The molecule has 1 amide bonds. The third kappa shape index (κ3) is 14.3. The number of fused-ring (bicyclic) bond motifs is 3. The van der Waals surface area contributed by atoms with Gasteiger partial charge in [0.1, 0.15) is 30.1 Å². The van der Waals surface area contributed by atoms with Gasteiger partial charge in [0.15, 0.2) is 5.78 Å². The zero-order valence-electron chi connectivity index (χ0n) is 41.3. The Balaban J connectivity index is 1.72. The van der Waals surface area contributed by atoms with Gasteiger partial charge in [0.05, 0.1) is 24.4 Å². The molecule has 3 heterocycles. The summed E-state index contributed by atoms with van der Waals surface area (Å²) in [6.45, 7) is 12.9. The molecule has 372 valence electrons. The number of nitrogens with zero attached hydrogens (tertiary/aromatic N) is 1. The molecular weight excluding hydrogens is 847 g/mol. The van der Waals surface area contributed by atoms with Gasteiger partial charge in [0.25, 0.3) is 11.7 Å². The van der Waals surface area contributed by atoms with Crippen LogP contribution in [0.1, 0.15) is 132 Å². The third-order valence-electron chi connectivity index (χ3n) is 14.8. The van der Waals surface area contributed by atoms with Crippen molar-refractivity contribution in [3.05, 3.63) is 47.6 Å². The topological polar surface area (TPSA) is 195 Å². The van der Waals surface area contributed by atoms with Crippen LogP contribution in [0.15, 0.2) is 47.6 Å². The molecule has 3 aliphatic heterocycles. The summed E-state index contributed by atoms with van der Waals surface area (Å²) in [5, 5.41) is 34.0. The maximum atomic E-state index is 14.4. The fourth-order valence-corrected chi connectivity index (χ4v) is 10.4. The van der Waals surface area contributed by atoms with Crippen molar-refractivity contribution in [3.63, 3.8) is 0 Å². The fraction of sp³-hybridized carbons (Fsp3) is 0.750. The van der Waals surface area contributed by atoms with Gasteiger partial charge in [0.2, 0.25) is 5.79 Å². The maximum Gasteiger partial charge on any atom is 0.329 e. The molecule has 1 saturated carbocycles. The van der Waals surface area contributed by atoms with Gasteiger partial charge >= 0.3 is 5.97 Å². The highest BCUT2D eigenvalue weighted by Gasteiger charge is 2.53. The van der Waals surface area contributed by atoms with Crippen molar-refractivity contribution in [1.29, 1.82) is 0 Å². The number of cyclic esters (lactones) is 1. The van der Waals surface area contributed by atoms with Gasteiger partial charge in [0, 0.05) is 58.5 Å². The largest absolute Gasteiger partial charge is 0.460 e. The Bertz CT molecular complexity index is 1770. The van der Waals surface area contributed by atoms with Crippen molar-refractivity contribution in [2.75, 3.05) is 27.9 Å². The number of carbonyl (C=O) groups excluding carboxylic acids is 5. The zero-order valence-corrected chi connectivity index (χ0v) is 41.3. The van der Waals surface area contributed by atoms with Gasteiger partial charge in [-0.25, -0.2) is 4.79 Å². The lowest BCUT2D eigenvalue weighted by molar-refractivity contribution is -0.265. The van der Waals surface area contributed by atoms with Crippen molar-refractivity contribution in [2.24, 2.45) is 35.5 Å². The Hall–Kier alpha value is -3.37. The number of allylic oxidation sites excluding steroid dienone is 6. The minimum atomic E-state index is -2.43. The molecule has 2 bridgehead atoms. The highest BCUT2D eigenvalue weighted by molar-refractivity contribution is 6.39. The van der Waals surface area contributed by atoms with E-state index in [1.54, 1.807) is 34.1 Å².